The fraction of sp³-hybridized carbons (Fsp3) is 0.667. The first-order valence-corrected chi connectivity index (χ1v) is 7.42. The molecule has 0 aromatic carbocycles. The normalized spacial score (nSPS) is 17.2. The van der Waals surface area contributed by atoms with Crippen LogP contribution in [0.5, 0.6) is 0 Å². The molecule has 1 aliphatic rings. The second-order valence-electron chi connectivity index (χ2n) is 4.69. The van der Waals surface area contributed by atoms with Gasteiger partial charge in [-0.2, -0.15) is 0 Å². The zero-order chi connectivity index (χ0) is 13.1. The van der Waals surface area contributed by atoms with E-state index in [-0.39, 0.29) is 5.56 Å². The molecule has 0 atom stereocenters. The summed E-state index contributed by atoms with van der Waals surface area (Å²) in [6.45, 7) is 5.98. The Morgan fingerprint density at radius 1 is 1.33 bits per heavy atom. The fourth-order valence-corrected chi connectivity index (χ4v) is 2.59. The maximum absolute atomic E-state index is 11.9. The Bertz CT molecular complexity index is 466. The summed E-state index contributed by atoms with van der Waals surface area (Å²) < 4.78 is 0.729. The second-order valence-corrected chi connectivity index (χ2v) is 5.77. The van der Waals surface area contributed by atoms with Gasteiger partial charge in [0.15, 0.2) is 0 Å². The largest absolute Gasteiger partial charge is 0.340 e. The molecule has 0 spiro atoms. The van der Waals surface area contributed by atoms with Gasteiger partial charge >= 0.3 is 0 Å². The van der Waals surface area contributed by atoms with E-state index in [1.54, 1.807) is 0 Å². The number of likely N-dealkylation sites (N-methyl/N-ethyl adjacent to an activating group) is 1. The lowest BCUT2D eigenvalue weighted by molar-refractivity contribution is 0.311. The van der Waals surface area contributed by atoms with Gasteiger partial charge in [0.05, 0.1) is 9.26 Å². The van der Waals surface area contributed by atoms with E-state index in [0.717, 1.165) is 54.2 Å². The monoisotopic (exact) mass is 362 g/mol. The maximum Gasteiger partial charge on any atom is 0.265 e. The SMILES string of the molecule is CCCc1nc(N2CCN(C)CC2)[nH]c(=O)c1I. The predicted octanol–water partition coefficient (Wildman–Crippen LogP) is 1.08. The van der Waals surface area contributed by atoms with Crippen LogP contribution in [0.25, 0.3) is 0 Å². The molecule has 1 aromatic rings. The van der Waals surface area contributed by atoms with Crippen LogP contribution >= 0.6 is 22.6 Å². The average Bonchev–Trinajstić information content (AvgIpc) is 2.36. The lowest BCUT2D eigenvalue weighted by Crippen LogP contribution is -2.45. The van der Waals surface area contributed by atoms with Crippen LogP contribution in [0.4, 0.5) is 5.95 Å². The number of piperazine rings is 1. The van der Waals surface area contributed by atoms with Gasteiger partial charge in [-0.05, 0) is 36.1 Å². The molecule has 2 heterocycles. The summed E-state index contributed by atoms with van der Waals surface area (Å²) in [6, 6.07) is 0. The van der Waals surface area contributed by atoms with Gasteiger partial charge in [0, 0.05) is 26.2 Å². The number of anilines is 1. The number of hydrogen-bond donors (Lipinski definition) is 1. The summed E-state index contributed by atoms with van der Waals surface area (Å²) in [6.07, 6.45) is 1.87. The summed E-state index contributed by atoms with van der Waals surface area (Å²) in [4.78, 5) is 23.9. The number of aromatic amines is 1. The van der Waals surface area contributed by atoms with Crippen molar-refractivity contribution >= 4 is 28.5 Å². The van der Waals surface area contributed by atoms with Crippen LogP contribution in [0.3, 0.4) is 0 Å². The van der Waals surface area contributed by atoms with Gasteiger partial charge in [-0.1, -0.05) is 13.3 Å². The van der Waals surface area contributed by atoms with Gasteiger partial charge in [0.2, 0.25) is 5.95 Å². The van der Waals surface area contributed by atoms with Crippen LogP contribution in [-0.2, 0) is 6.42 Å². The second kappa shape index (κ2) is 6.01. The Labute approximate surface area is 121 Å². The Hall–Kier alpha value is -0.630. The summed E-state index contributed by atoms with van der Waals surface area (Å²) in [5.74, 6) is 0.733. The van der Waals surface area contributed by atoms with Gasteiger partial charge in [-0.15, -0.1) is 0 Å². The molecule has 18 heavy (non-hydrogen) atoms. The number of H-pyrrole nitrogens is 1. The summed E-state index contributed by atoms with van der Waals surface area (Å²) in [5, 5.41) is 0. The predicted molar refractivity (Wildman–Crippen MR) is 81.3 cm³/mol. The van der Waals surface area contributed by atoms with Crippen molar-refractivity contribution in [2.24, 2.45) is 0 Å². The molecule has 0 bridgehead atoms. The Balaban J connectivity index is 2.25. The van der Waals surface area contributed by atoms with Crippen LogP contribution in [0.1, 0.15) is 19.0 Å². The van der Waals surface area contributed by atoms with E-state index in [9.17, 15) is 4.79 Å². The van der Waals surface area contributed by atoms with Crippen LogP contribution in [0, 0.1) is 3.57 Å². The van der Waals surface area contributed by atoms with E-state index in [2.05, 4.69) is 56.3 Å². The minimum absolute atomic E-state index is 0.0111. The molecule has 1 aromatic heterocycles. The molecule has 6 heteroatoms. The Kier molecular flexibility index (Phi) is 4.60. The van der Waals surface area contributed by atoms with Gasteiger partial charge < -0.3 is 9.80 Å². The summed E-state index contributed by atoms with van der Waals surface area (Å²) in [5.41, 5.74) is 0.916. The molecule has 1 fully saturated rings. The quantitative estimate of drug-likeness (QED) is 0.818. The van der Waals surface area contributed by atoms with E-state index in [1.165, 1.54) is 0 Å². The third-order valence-electron chi connectivity index (χ3n) is 3.21. The first-order valence-electron chi connectivity index (χ1n) is 6.34. The van der Waals surface area contributed by atoms with Gasteiger partial charge in [-0.25, -0.2) is 4.98 Å². The summed E-state index contributed by atoms with van der Waals surface area (Å²) in [7, 11) is 2.12. The van der Waals surface area contributed by atoms with E-state index in [1.807, 2.05) is 0 Å². The molecular formula is C12H19IN4O. The molecule has 5 nitrogen and oxygen atoms in total. The number of aromatic nitrogens is 2. The first-order chi connectivity index (χ1) is 8.61. The van der Waals surface area contributed by atoms with Crippen molar-refractivity contribution in [1.29, 1.82) is 0 Å². The van der Waals surface area contributed by atoms with Crippen molar-refractivity contribution in [3.8, 4) is 0 Å². The number of nitrogens with one attached hydrogen (secondary N) is 1. The minimum atomic E-state index is -0.0111. The molecule has 1 saturated heterocycles. The topological polar surface area (TPSA) is 52.2 Å². The molecule has 0 aliphatic carbocycles. The van der Waals surface area contributed by atoms with E-state index >= 15 is 0 Å². The molecule has 0 saturated carbocycles. The van der Waals surface area contributed by atoms with Crippen molar-refractivity contribution in [3.05, 3.63) is 19.6 Å². The average molecular weight is 362 g/mol. The van der Waals surface area contributed by atoms with Crippen molar-refractivity contribution in [2.75, 3.05) is 38.1 Å². The molecule has 1 N–H and O–H groups in total. The zero-order valence-corrected chi connectivity index (χ0v) is 13.0. The standard InChI is InChI=1S/C12H19IN4O/c1-3-4-9-10(13)11(18)15-12(14-9)17-7-5-16(2)6-8-17/h3-8H2,1-2H3,(H,14,15,18). The molecular weight excluding hydrogens is 343 g/mol. The highest BCUT2D eigenvalue weighted by atomic mass is 127. The lowest BCUT2D eigenvalue weighted by Gasteiger charge is -2.32. The molecule has 0 amide bonds. The molecule has 2 rings (SSSR count). The van der Waals surface area contributed by atoms with Gasteiger partial charge in [0.1, 0.15) is 0 Å². The van der Waals surface area contributed by atoms with Crippen LogP contribution in [0.2, 0.25) is 0 Å². The van der Waals surface area contributed by atoms with Crippen LogP contribution in [0.15, 0.2) is 4.79 Å². The minimum Gasteiger partial charge on any atom is -0.340 e. The van der Waals surface area contributed by atoms with Crippen molar-refractivity contribution in [3.63, 3.8) is 0 Å². The van der Waals surface area contributed by atoms with E-state index in [4.69, 9.17) is 0 Å². The number of aryl methyl sites for hydroxylation is 1. The number of hydrogen-bond acceptors (Lipinski definition) is 4. The van der Waals surface area contributed by atoms with E-state index < -0.39 is 0 Å². The number of halogens is 1. The molecule has 0 unspecified atom stereocenters. The van der Waals surface area contributed by atoms with Crippen molar-refractivity contribution in [1.82, 2.24) is 14.9 Å². The first kappa shape index (κ1) is 13.8. The van der Waals surface area contributed by atoms with Gasteiger partial charge in [0.25, 0.3) is 5.56 Å². The molecule has 100 valence electrons. The highest BCUT2D eigenvalue weighted by Gasteiger charge is 2.18. The summed E-state index contributed by atoms with van der Waals surface area (Å²) >= 11 is 2.09. The number of nitrogens with zero attached hydrogens (tertiary/aromatic N) is 3. The lowest BCUT2D eigenvalue weighted by atomic mass is 10.2. The highest BCUT2D eigenvalue weighted by Crippen LogP contribution is 2.13. The molecule has 1 aliphatic heterocycles. The Morgan fingerprint density at radius 2 is 2.00 bits per heavy atom. The van der Waals surface area contributed by atoms with Crippen molar-refractivity contribution in [2.45, 2.75) is 19.8 Å². The maximum atomic E-state index is 11.9. The Morgan fingerprint density at radius 3 is 2.61 bits per heavy atom. The van der Waals surface area contributed by atoms with Crippen LogP contribution < -0.4 is 10.5 Å². The smallest absolute Gasteiger partial charge is 0.265 e. The van der Waals surface area contributed by atoms with Crippen LogP contribution in [-0.4, -0.2) is 48.1 Å². The third kappa shape index (κ3) is 3.03. The zero-order valence-electron chi connectivity index (χ0n) is 10.9. The van der Waals surface area contributed by atoms with Gasteiger partial charge in [-0.3, -0.25) is 9.78 Å². The molecule has 0 radical (unpaired) electrons. The van der Waals surface area contributed by atoms with E-state index in [0.29, 0.717) is 0 Å². The van der Waals surface area contributed by atoms with Crippen molar-refractivity contribution < 1.29 is 0 Å². The fourth-order valence-electron chi connectivity index (χ4n) is 2.06. The third-order valence-corrected chi connectivity index (χ3v) is 4.32. The number of rotatable bonds is 3. The highest BCUT2D eigenvalue weighted by molar-refractivity contribution is 14.1.